The molecule has 0 saturated heterocycles. The minimum absolute atomic E-state index is 0.487. The summed E-state index contributed by atoms with van der Waals surface area (Å²) in [6, 6.07) is 7.23. The first kappa shape index (κ1) is 16.0. The van der Waals surface area contributed by atoms with Crippen LogP contribution in [0.25, 0.3) is 5.69 Å². The van der Waals surface area contributed by atoms with Crippen LogP contribution in [0.15, 0.2) is 30.5 Å². The molecular formula is C15H16ClN3O3. The molecule has 2 aromatic rings. The number of amides is 1. The molecule has 1 atom stereocenters. The molecule has 0 saturated carbocycles. The number of carboxylic acid groups (broad SMARTS) is 1. The molecule has 2 N–H and O–H groups in total. The quantitative estimate of drug-likeness (QED) is 0.829. The van der Waals surface area contributed by atoms with E-state index in [1.165, 1.54) is 13.1 Å². The van der Waals surface area contributed by atoms with E-state index in [1.54, 1.807) is 10.7 Å². The number of carbonyl (C=O) groups excluding carboxylic acids is 1. The Morgan fingerprint density at radius 2 is 2.09 bits per heavy atom. The fourth-order valence-corrected chi connectivity index (χ4v) is 2.22. The number of aliphatic carboxylic acids is 1. The Hall–Kier alpha value is -2.34. The molecule has 116 valence electrons. The van der Waals surface area contributed by atoms with E-state index in [4.69, 9.17) is 16.7 Å². The lowest BCUT2D eigenvalue weighted by Gasteiger charge is -2.11. The van der Waals surface area contributed by atoms with Gasteiger partial charge in [0.2, 0.25) is 5.91 Å². The van der Waals surface area contributed by atoms with Crippen molar-refractivity contribution in [2.45, 2.75) is 20.3 Å². The fraction of sp³-hybridized carbons (Fsp3) is 0.267. The molecule has 1 amide bonds. The number of hydrogen-bond acceptors (Lipinski definition) is 3. The van der Waals surface area contributed by atoms with Gasteiger partial charge in [0.1, 0.15) is 5.92 Å². The summed E-state index contributed by atoms with van der Waals surface area (Å²) in [7, 11) is 0. The van der Waals surface area contributed by atoms with Crippen LogP contribution in [0, 0.1) is 5.92 Å². The van der Waals surface area contributed by atoms with E-state index in [2.05, 4.69) is 10.4 Å². The standard InChI is InChI=1S/C15H16ClN3O3/c1-3-12-11(18-14(20)9(2)15(21)22)8-17-19(12)13-7-5-4-6-10(13)16/h4-9H,3H2,1-2H3,(H,18,20)(H,21,22). The lowest BCUT2D eigenvalue weighted by Crippen LogP contribution is -2.27. The van der Waals surface area contributed by atoms with E-state index in [0.717, 1.165) is 5.69 Å². The second-order valence-corrected chi connectivity index (χ2v) is 5.18. The van der Waals surface area contributed by atoms with Gasteiger partial charge in [0.15, 0.2) is 0 Å². The van der Waals surface area contributed by atoms with Crippen molar-refractivity contribution in [1.82, 2.24) is 9.78 Å². The van der Waals surface area contributed by atoms with Crippen molar-refractivity contribution in [2.75, 3.05) is 5.32 Å². The number of anilines is 1. The van der Waals surface area contributed by atoms with Crippen molar-refractivity contribution < 1.29 is 14.7 Å². The zero-order valence-corrected chi connectivity index (χ0v) is 13.0. The third kappa shape index (κ3) is 3.12. The van der Waals surface area contributed by atoms with Crippen molar-refractivity contribution in [1.29, 1.82) is 0 Å². The molecule has 1 aromatic carbocycles. The van der Waals surface area contributed by atoms with E-state index < -0.39 is 17.8 Å². The van der Waals surface area contributed by atoms with Crippen LogP contribution in [0.5, 0.6) is 0 Å². The number of rotatable bonds is 5. The van der Waals surface area contributed by atoms with Gasteiger partial charge in [0.05, 0.1) is 28.3 Å². The number of carboxylic acids is 1. The number of hydrogen-bond donors (Lipinski definition) is 2. The zero-order valence-electron chi connectivity index (χ0n) is 12.2. The van der Waals surface area contributed by atoms with Gasteiger partial charge in [-0.1, -0.05) is 30.7 Å². The molecule has 22 heavy (non-hydrogen) atoms. The molecule has 1 aromatic heterocycles. The second-order valence-electron chi connectivity index (χ2n) is 4.77. The molecule has 6 nitrogen and oxygen atoms in total. The smallest absolute Gasteiger partial charge is 0.315 e. The van der Waals surface area contributed by atoms with Crippen LogP contribution in [0.2, 0.25) is 5.02 Å². The molecule has 0 radical (unpaired) electrons. The molecular weight excluding hydrogens is 306 g/mol. The van der Waals surface area contributed by atoms with Crippen molar-refractivity contribution in [3.8, 4) is 5.69 Å². The van der Waals surface area contributed by atoms with Gasteiger partial charge >= 0.3 is 5.97 Å². The monoisotopic (exact) mass is 321 g/mol. The van der Waals surface area contributed by atoms with Crippen LogP contribution in [0.4, 0.5) is 5.69 Å². The normalized spacial score (nSPS) is 12.0. The highest BCUT2D eigenvalue weighted by Gasteiger charge is 2.22. The van der Waals surface area contributed by atoms with Crippen LogP contribution >= 0.6 is 11.6 Å². The average Bonchev–Trinajstić information content (AvgIpc) is 2.89. The van der Waals surface area contributed by atoms with Gasteiger partial charge in [-0.15, -0.1) is 0 Å². The third-order valence-corrected chi connectivity index (χ3v) is 3.63. The van der Waals surface area contributed by atoms with Gasteiger partial charge in [0.25, 0.3) is 0 Å². The highest BCUT2D eigenvalue weighted by atomic mass is 35.5. The Balaban J connectivity index is 2.35. The first-order chi connectivity index (χ1) is 10.5. The predicted molar refractivity (Wildman–Crippen MR) is 83.4 cm³/mol. The van der Waals surface area contributed by atoms with E-state index >= 15 is 0 Å². The van der Waals surface area contributed by atoms with E-state index in [0.29, 0.717) is 22.8 Å². The number of para-hydroxylation sites is 1. The average molecular weight is 322 g/mol. The summed E-state index contributed by atoms with van der Waals surface area (Å²) in [4.78, 5) is 22.7. The van der Waals surface area contributed by atoms with Crippen LogP contribution in [-0.4, -0.2) is 26.8 Å². The number of halogens is 1. The summed E-state index contributed by atoms with van der Waals surface area (Å²) in [6.45, 7) is 3.25. The minimum atomic E-state index is -1.17. The van der Waals surface area contributed by atoms with E-state index in [1.807, 2.05) is 25.1 Å². The summed E-state index contributed by atoms with van der Waals surface area (Å²) in [5, 5.41) is 16.3. The Morgan fingerprint density at radius 1 is 1.41 bits per heavy atom. The molecule has 0 aliphatic carbocycles. The SMILES string of the molecule is CCc1c(NC(=O)C(C)C(=O)O)cnn1-c1ccccc1Cl. The van der Waals surface area contributed by atoms with Gasteiger partial charge < -0.3 is 10.4 Å². The topological polar surface area (TPSA) is 84.2 Å². The molecule has 7 heteroatoms. The predicted octanol–water partition coefficient (Wildman–Crippen LogP) is 2.75. The van der Waals surface area contributed by atoms with E-state index in [9.17, 15) is 9.59 Å². The van der Waals surface area contributed by atoms with Gasteiger partial charge in [0, 0.05) is 0 Å². The molecule has 0 aliphatic rings. The van der Waals surface area contributed by atoms with Crippen LogP contribution in [0.3, 0.4) is 0 Å². The maximum atomic E-state index is 11.9. The molecule has 2 rings (SSSR count). The molecule has 0 spiro atoms. The Kier molecular flexibility index (Phi) is 4.82. The molecule has 0 fully saturated rings. The molecule has 0 bridgehead atoms. The highest BCUT2D eigenvalue weighted by Crippen LogP contribution is 2.25. The summed E-state index contributed by atoms with van der Waals surface area (Å²) in [5.74, 6) is -2.89. The van der Waals surface area contributed by atoms with Crippen molar-refractivity contribution >= 4 is 29.2 Å². The van der Waals surface area contributed by atoms with Crippen molar-refractivity contribution in [3.63, 3.8) is 0 Å². The number of carbonyl (C=O) groups is 2. The summed E-state index contributed by atoms with van der Waals surface area (Å²) in [6.07, 6.45) is 2.09. The zero-order chi connectivity index (χ0) is 16.3. The maximum absolute atomic E-state index is 11.9. The number of nitrogens with zero attached hydrogens (tertiary/aromatic N) is 2. The Morgan fingerprint density at radius 3 is 2.68 bits per heavy atom. The first-order valence-corrected chi connectivity index (χ1v) is 7.19. The Labute approximate surface area is 132 Å². The summed E-state index contributed by atoms with van der Waals surface area (Å²) >= 11 is 6.17. The van der Waals surface area contributed by atoms with Crippen LogP contribution in [0.1, 0.15) is 19.5 Å². The second kappa shape index (κ2) is 6.62. The highest BCUT2D eigenvalue weighted by molar-refractivity contribution is 6.32. The summed E-state index contributed by atoms with van der Waals surface area (Å²) in [5.41, 5.74) is 1.94. The van der Waals surface area contributed by atoms with E-state index in [-0.39, 0.29) is 0 Å². The maximum Gasteiger partial charge on any atom is 0.315 e. The Bertz CT molecular complexity index is 712. The first-order valence-electron chi connectivity index (χ1n) is 6.81. The van der Waals surface area contributed by atoms with Gasteiger partial charge in [-0.2, -0.15) is 5.10 Å². The summed E-state index contributed by atoms with van der Waals surface area (Å²) < 4.78 is 1.64. The lowest BCUT2D eigenvalue weighted by molar-refractivity contribution is -0.144. The third-order valence-electron chi connectivity index (χ3n) is 3.31. The number of nitrogens with one attached hydrogen (secondary N) is 1. The number of benzene rings is 1. The molecule has 1 unspecified atom stereocenters. The van der Waals surface area contributed by atoms with Crippen molar-refractivity contribution in [3.05, 3.63) is 41.2 Å². The van der Waals surface area contributed by atoms with Crippen LogP contribution in [-0.2, 0) is 16.0 Å². The fourth-order valence-electron chi connectivity index (χ4n) is 2.00. The van der Waals surface area contributed by atoms with Crippen LogP contribution < -0.4 is 5.32 Å². The van der Waals surface area contributed by atoms with Crippen molar-refractivity contribution in [2.24, 2.45) is 5.92 Å². The molecule has 0 aliphatic heterocycles. The largest absolute Gasteiger partial charge is 0.481 e. The van der Waals surface area contributed by atoms with Gasteiger partial charge in [-0.05, 0) is 25.5 Å². The van der Waals surface area contributed by atoms with Gasteiger partial charge in [-0.25, -0.2) is 4.68 Å². The number of aromatic nitrogens is 2. The van der Waals surface area contributed by atoms with Gasteiger partial charge in [-0.3, -0.25) is 9.59 Å². The minimum Gasteiger partial charge on any atom is -0.481 e. The molecule has 1 heterocycles. The lowest BCUT2D eigenvalue weighted by atomic mass is 10.1.